The minimum absolute atomic E-state index is 0.312. The van der Waals surface area contributed by atoms with E-state index in [0.717, 1.165) is 23.0 Å². The average Bonchev–Trinajstić information content (AvgIpc) is 2.74. The number of carbonyl (C=O) groups is 1. The van der Waals surface area contributed by atoms with Crippen molar-refractivity contribution in [2.45, 2.75) is 42.9 Å². The van der Waals surface area contributed by atoms with Crippen molar-refractivity contribution < 1.29 is 9.53 Å². The zero-order valence-corrected chi connectivity index (χ0v) is 17.1. The highest BCUT2D eigenvalue weighted by Gasteiger charge is 2.21. The van der Waals surface area contributed by atoms with Crippen molar-refractivity contribution in [2.75, 3.05) is 5.75 Å². The molecule has 3 heteroatoms. The van der Waals surface area contributed by atoms with Crippen LogP contribution in [0.1, 0.15) is 53.9 Å². The van der Waals surface area contributed by atoms with Gasteiger partial charge in [0, 0.05) is 10.6 Å². The Morgan fingerprint density at radius 2 is 1.64 bits per heavy atom. The van der Waals surface area contributed by atoms with Crippen LogP contribution in [0.4, 0.5) is 0 Å². The van der Waals surface area contributed by atoms with Crippen molar-refractivity contribution >= 4 is 17.7 Å². The summed E-state index contributed by atoms with van der Waals surface area (Å²) in [5.41, 5.74) is 1.92. The summed E-state index contributed by atoms with van der Waals surface area (Å²) in [6.45, 7) is 7.57. The molecule has 28 heavy (non-hydrogen) atoms. The Hall–Kier alpha value is -2.26. The zero-order valence-electron chi connectivity index (χ0n) is 16.3. The van der Waals surface area contributed by atoms with Gasteiger partial charge in [-0.05, 0) is 85.9 Å². The summed E-state index contributed by atoms with van der Waals surface area (Å²) < 4.78 is 5.51. The fraction of sp³-hybridized carbons (Fsp3) is 0.320. The molecule has 0 bridgehead atoms. The molecule has 0 spiro atoms. The van der Waals surface area contributed by atoms with Gasteiger partial charge in [0.2, 0.25) is 0 Å². The molecule has 1 saturated carbocycles. The SMILES string of the molecule is C=CCSc1ccc(OC(=O)c2ccc(C3CCC(CC=C)CC3)cc2)cc1. The summed E-state index contributed by atoms with van der Waals surface area (Å²) in [5, 5.41) is 0. The molecule has 0 radical (unpaired) electrons. The monoisotopic (exact) mass is 392 g/mol. The molecule has 1 fully saturated rings. The number of hydrogen-bond acceptors (Lipinski definition) is 3. The van der Waals surface area contributed by atoms with Gasteiger partial charge in [-0.3, -0.25) is 0 Å². The Labute approximate surface area is 172 Å². The zero-order chi connectivity index (χ0) is 19.8. The minimum Gasteiger partial charge on any atom is -0.423 e. The van der Waals surface area contributed by atoms with Gasteiger partial charge in [-0.15, -0.1) is 24.9 Å². The largest absolute Gasteiger partial charge is 0.423 e. The third-order valence-electron chi connectivity index (χ3n) is 5.37. The van der Waals surface area contributed by atoms with Crippen molar-refractivity contribution in [2.24, 2.45) is 5.92 Å². The first kappa shape index (κ1) is 20.5. The molecule has 2 aromatic rings. The van der Waals surface area contributed by atoms with Crippen molar-refractivity contribution in [3.8, 4) is 5.75 Å². The number of rotatable bonds is 8. The van der Waals surface area contributed by atoms with Gasteiger partial charge in [-0.1, -0.05) is 24.3 Å². The van der Waals surface area contributed by atoms with Crippen molar-refractivity contribution in [1.82, 2.24) is 0 Å². The van der Waals surface area contributed by atoms with Crippen LogP contribution in [0, 0.1) is 5.92 Å². The fourth-order valence-corrected chi connectivity index (χ4v) is 4.42. The molecule has 0 saturated heterocycles. The number of esters is 1. The molecular formula is C25H28O2S. The van der Waals surface area contributed by atoms with E-state index in [0.29, 0.717) is 17.2 Å². The Morgan fingerprint density at radius 1 is 0.964 bits per heavy atom. The molecule has 0 amide bonds. The molecule has 0 aliphatic heterocycles. The summed E-state index contributed by atoms with van der Waals surface area (Å²) in [6, 6.07) is 15.5. The lowest BCUT2D eigenvalue weighted by Crippen LogP contribution is -2.13. The van der Waals surface area contributed by atoms with Crippen molar-refractivity contribution in [1.29, 1.82) is 0 Å². The minimum atomic E-state index is -0.312. The number of hydrogen-bond donors (Lipinski definition) is 0. The van der Waals surface area contributed by atoms with Crippen molar-refractivity contribution in [3.05, 3.63) is 85.0 Å². The number of benzene rings is 2. The lowest BCUT2D eigenvalue weighted by Gasteiger charge is -2.28. The van der Waals surface area contributed by atoms with Gasteiger partial charge < -0.3 is 4.74 Å². The molecule has 146 valence electrons. The molecule has 1 aliphatic carbocycles. The van der Waals surface area contributed by atoms with Crippen LogP contribution < -0.4 is 4.74 Å². The quantitative estimate of drug-likeness (QED) is 0.209. The molecule has 0 N–H and O–H groups in total. The standard InChI is InChI=1S/C25H28O2S/c1-3-5-19-6-8-20(9-7-19)21-10-12-22(13-11-21)25(26)27-23-14-16-24(17-15-23)28-18-4-2/h3-4,10-17,19-20H,1-2,5-9,18H2. The Balaban J connectivity index is 1.55. The van der Waals surface area contributed by atoms with Crippen LogP contribution in [0.25, 0.3) is 0 Å². The van der Waals surface area contributed by atoms with Crippen LogP contribution in [0.5, 0.6) is 5.75 Å². The normalized spacial score (nSPS) is 19.0. The van der Waals surface area contributed by atoms with Gasteiger partial charge in [-0.2, -0.15) is 0 Å². The third kappa shape index (κ3) is 5.62. The van der Waals surface area contributed by atoms with E-state index in [1.807, 2.05) is 48.6 Å². The summed E-state index contributed by atoms with van der Waals surface area (Å²) in [4.78, 5) is 13.6. The predicted molar refractivity (Wildman–Crippen MR) is 118 cm³/mol. The van der Waals surface area contributed by atoms with E-state index in [9.17, 15) is 4.79 Å². The molecule has 0 aromatic heterocycles. The van der Waals surface area contributed by atoms with Gasteiger partial charge in [-0.25, -0.2) is 4.79 Å². The molecule has 2 aromatic carbocycles. The summed E-state index contributed by atoms with van der Waals surface area (Å²) in [6.07, 6.45) is 10.0. The maximum Gasteiger partial charge on any atom is 0.343 e. The molecule has 0 unspecified atom stereocenters. The van der Waals surface area contributed by atoms with Crippen LogP contribution in [-0.4, -0.2) is 11.7 Å². The molecule has 2 nitrogen and oxygen atoms in total. The van der Waals surface area contributed by atoms with Crippen LogP contribution in [0.3, 0.4) is 0 Å². The van der Waals surface area contributed by atoms with Crippen molar-refractivity contribution in [3.63, 3.8) is 0 Å². The second-order valence-corrected chi connectivity index (χ2v) is 8.42. The summed E-state index contributed by atoms with van der Waals surface area (Å²) in [5.74, 6) is 2.52. The first-order valence-corrected chi connectivity index (χ1v) is 10.9. The number of carbonyl (C=O) groups excluding carboxylic acids is 1. The topological polar surface area (TPSA) is 26.3 Å². The number of thioether (sulfide) groups is 1. The fourth-order valence-electron chi connectivity index (χ4n) is 3.78. The Morgan fingerprint density at radius 3 is 2.25 bits per heavy atom. The molecule has 0 atom stereocenters. The Kier molecular flexibility index (Phi) is 7.55. The van der Waals surface area contributed by atoms with Gasteiger partial charge >= 0.3 is 5.97 Å². The van der Waals surface area contributed by atoms with E-state index in [1.54, 1.807) is 11.8 Å². The molecule has 0 heterocycles. The van der Waals surface area contributed by atoms with Gasteiger partial charge in [0.05, 0.1) is 5.56 Å². The van der Waals surface area contributed by atoms with E-state index in [-0.39, 0.29) is 5.97 Å². The van der Waals surface area contributed by atoms with Gasteiger partial charge in [0.1, 0.15) is 5.75 Å². The molecular weight excluding hydrogens is 364 g/mol. The molecule has 3 rings (SSSR count). The van der Waals surface area contributed by atoms with E-state index in [1.165, 1.54) is 31.2 Å². The maximum absolute atomic E-state index is 12.4. The van der Waals surface area contributed by atoms with E-state index < -0.39 is 0 Å². The summed E-state index contributed by atoms with van der Waals surface area (Å²) >= 11 is 1.70. The number of ether oxygens (including phenoxy) is 1. The highest BCUT2D eigenvalue weighted by atomic mass is 32.2. The highest BCUT2D eigenvalue weighted by molar-refractivity contribution is 7.99. The summed E-state index contributed by atoms with van der Waals surface area (Å²) in [7, 11) is 0. The molecule has 1 aliphatic rings. The maximum atomic E-state index is 12.4. The van der Waals surface area contributed by atoms with E-state index >= 15 is 0 Å². The van der Waals surface area contributed by atoms with E-state index in [4.69, 9.17) is 4.74 Å². The highest BCUT2D eigenvalue weighted by Crippen LogP contribution is 2.37. The number of allylic oxidation sites excluding steroid dienone is 1. The average molecular weight is 393 g/mol. The predicted octanol–water partition coefficient (Wildman–Crippen LogP) is 7.03. The van der Waals surface area contributed by atoms with Crippen LogP contribution in [0.2, 0.25) is 0 Å². The second kappa shape index (κ2) is 10.3. The van der Waals surface area contributed by atoms with Gasteiger partial charge in [0.25, 0.3) is 0 Å². The smallest absolute Gasteiger partial charge is 0.343 e. The first-order chi connectivity index (χ1) is 13.7. The Bertz CT molecular complexity index is 784. The second-order valence-electron chi connectivity index (χ2n) is 7.32. The van der Waals surface area contributed by atoms with Crippen LogP contribution in [0.15, 0.2) is 78.7 Å². The lowest BCUT2D eigenvalue weighted by atomic mass is 9.77. The van der Waals surface area contributed by atoms with Crippen LogP contribution >= 0.6 is 11.8 Å². The van der Waals surface area contributed by atoms with E-state index in [2.05, 4.69) is 25.3 Å². The lowest BCUT2D eigenvalue weighted by molar-refractivity contribution is 0.0734. The first-order valence-electron chi connectivity index (χ1n) is 9.96. The van der Waals surface area contributed by atoms with Gasteiger partial charge in [0.15, 0.2) is 0 Å². The van der Waals surface area contributed by atoms with Crippen LogP contribution in [-0.2, 0) is 0 Å². The third-order valence-corrected chi connectivity index (χ3v) is 6.37.